The molecule has 2 saturated heterocycles. The van der Waals surface area contributed by atoms with Gasteiger partial charge in [0.25, 0.3) is 0 Å². The maximum atomic E-state index is 14.3. The highest BCUT2D eigenvalue weighted by Crippen LogP contribution is 2.20. The van der Waals surface area contributed by atoms with E-state index in [-0.39, 0.29) is 25.2 Å². The van der Waals surface area contributed by atoms with E-state index in [1.807, 2.05) is 102 Å². The fourth-order valence-electron chi connectivity index (χ4n) is 4.94. The number of nitrogens with zero attached hydrogens (tertiary/aromatic N) is 2. The minimum atomic E-state index is -1.08. The highest BCUT2D eigenvalue weighted by molar-refractivity contribution is 5.68. The van der Waals surface area contributed by atoms with Gasteiger partial charge in [-0.15, -0.1) is 0 Å². The van der Waals surface area contributed by atoms with Crippen LogP contribution in [-0.4, -0.2) is 83.8 Å². The van der Waals surface area contributed by atoms with Crippen molar-refractivity contribution in [2.45, 2.75) is 103 Å². The largest absolute Gasteiger partial charge is 0.444 e. The number of hydrogen-bond acceptors (Lipinski definition) is 6. The van der Waals surface area contributed by atoms with Gasteiger partial charge in [-0.2, -0.15) is 0 Å². The van der Waals surface area contributed by atoms with E-state index in [4.69, 9.17) is 9.47 Å². The maximum Gasteiger partial charge on any atom is 0.410 e. The molecule has 8 nitrogen and oxygen atoms in total. The van der Waals surface area contributed by atoms with Crippen LogP contribution >= 0.6 is 0 Å². The summed E-state index contributed by atoms with van der Waals surface area (Å²) in [6.45, 7) is 13.3. The average molecular weight is 617 g/mol. The third kappa shape index (κ3) is 12.4. The summed E-state index contributed by atoms with van der Waals surface area (Å²) in [5.41, 5.74) is 1.16. The summed E-state index contributed by atoms with van der Waals surface area (Å²) in [7, 11) is 0. The van der Waals surface area contributed by atoms with E-state index in [1.165, 1.54) is 9.80 Å². The monoisotopic (exact) mass is 616 g/mol. The van der Waals surface area contributed by atoms with Crippen LogP contribution < -0.4 is 10.6 Å². The first-order valence-electron chi connectivity index (χ1n) is 15.5. The first kappa shape index (κ1) is 35.2. The fraction of sp³-hybridized carbons (Fsp3) is 0.588. The number of benzene rings is 2. The van der Waals surface area contributed by atoms with Crippen molar-refractivity contribution in [3.05, 3.63) is 71.8 Å². The Morgan fingerprint density at radius 2 is 1.02 bits per heavy atom. The van der Waals surface area contributed by atoms with Crippen molar-refractivity contribution < 1.29 is 27.8 Å². The summed E-state index contributed by atoms with van der Waals surface area (Å²) < 4.78 is 39.1. The van der Waals surface area contributed by atoms with E-state index >= 15 is 0 Å². The van der Waals surface area contributed by atoms with Gasteiger partial charge in [-0.3, -0.25) is 0 Å². The third-order valence-corrected chi connectivity index (χ3v) is 7.21. The highest BCUT2D eigenvalue weighted by Gasteiger charge is 2.34. The Morgan fingerprint density at radius 1 is 0.682 bits per heavy atom. The lowest BCUT2D eigenvalue weighted by Gasteiger charge is -2.36. The van der Waals surface area contributed by atoms with Gasteiger partial charge in [-0.05, 0) is 65.5 Å². The minimum absolute atomic E-state index is 0.0847. The number of carbonyl (C=O) groups is 2. The topological polar surface area (TPSA) is 83.1 Å². The molecule has 2 heterocycles. The van der Waals surface area contributed by atoms with Crippen LogP contribution in [0.2, 0.25) is 0 Å². The zero-order chi connectivity index (χ0) is 32.3. The molecule has 2 aliphatic heterocycles. The van der Waals surface area contributed by atoms with E-state index in [0.717, 1.165) is 11.1 Å². The second-order valence-electron chi connectivity index (χ2n) is 13.4. The number of alkyl halides is 2. The summed E-state index contributed by atoms with van der Waals surface area (Å²) in [6, 6.07) is 19.4. The fourth-order valence-corrected chi connectivity index (χ4v) is 4.94. The van der Waals surface area contributed by atoms with Crippen LogP contribution in [0, 0.1) is 0 Å². The van der Waals surface area contributed by atoms with E-state index in [2.05, 4.69) is 10.6 Å². The molecule has 2 aliphatic rings. The summed E-state index contributed by atoms with van der Waals surface area (Å²) in [5.74, 6) is 0. The number of nitrogens with one attached hydrogen (secondary N) is 2. The average Bonchev–Trinajstić information content (AvgIpc) is 2.95. The van der Waals surface area contributed by atoms with Crippen molar-refractivity contribution in [1.82, 2.24) is 20.4 Å². The van der Waals surface area contributed by atoms with Gasteiger partial charge in [-0.1, -0.05) is 60.7 Å². The number of halogens is 2. The molecule has 2 aromatic rings. The second kappa shape index (κ2) is 16.2. The lowest BCUT2D eigenvalue weighted by atomic mass is 10.0. The zero-order valence-electron chi connectivity index (χ0n) is 27.0. The van der Waals surface area contributed by atoms with Crippen molar-refractivity contribution in [2.75, 3.05) is 26.2 Å². The second-order valence-corrected chi connectivity index (χ2v) is 13.4. The number of hydrogen-bond donors (Lipinski definition) is 2. The molecule has 0 unspecified atom stereocenters. The van der Waals surface area contributed by atoms with E-state index in [9.17, 15) is 18.4 Å². The number of likely N-dealkylation sites (tertiary alicyclic amines) is 2. The lowest BCUT2D eigenvalue weighted by Crippen LogP contribution is -2.53. The molecule has 44 heavy (non-hydrogen) atoms. The Balaban J connectivity index is 0.000000240. The molecule has 4 rings (SSSR count). The Hall–Kier alpha value is -3.24. The Bertz CT molecular complexity index is 1070. The summed E-state index contributed by atoms with van der Waals surface area (Å²) >= 11 is 0. The van der Waals surface area contributed by atoms with Crippen molar-refractivity contribution in [3.8, 4) is 0 Å². The molecule has 0 aromatic heterocycles. The van der Waals surface area contributed by atoms with Crippen LogP contribution in [0.4, 0.5) is 18.4 Å². The van der Waals surface area contributed by atoms with Crippen molar-refractivity contribution in [1.29, 1.82) is 0 Å². The summed E-state index contributed by atoms with van der Waals surface area (Å²) in [4.78, 5) is 26.8. The molecule has 0 aliphatic carbocycles. The normalized spacial score (nSPS) is 22.5. The Kier molecular flexibility index (Phi) is 13.0. The predicted octanol–water partition coefficient (Wildman–Crippen LogP) is 6.25. The molecule has 4 atom stereocenters. The molecule has 244 valence electrons. The molecule has 0 bridgehead atoms. The van der Waals surface area contributed by atoms with E-state index in [1.54, 1.807) is 0 Å². The Labute approximate surface area is 261 Å². The number of amides is 2. The molecule has 2 aromatic carbocycles. The van der Waals surface area contributed by atoms with Gasteiger partial charge in [0.15, 0.2) is 0 Å². The summed E-state index contributed by atoms with van der Waals surface area (Å²) in [6.07, 6.45) is -1.84. The standard InChI is InChI=1S/2C17H25FN2O2/c2*1-17(2,3)22-16(21)20-10-9-15(14(18)12-20)19-11-13-7-5-4-6-8-13/h2*4-8,14-15,19H,9-12H2,1-3H3/t2*14-,15+/m10/s1. The van der Waals surface area contributed by atoms with Crippen LogP contribution in [-0.2, 0) is 22.6 Å². The third-order valence-electron chi connectivity index (χ3n) is 7.21. The van der Waals surface area contributed by atoms with Gasteiger partial charge >= 0.3 is 12.2 Å². The van der Waals surface area contributed by atoms with Gasteiger partial charge in [-0.25, -0.2) is 18.4 Å². The van der Waals surface area contributed by atoms with Gasteiger partial charge in [0, 0.05) is 38.3 Å². The van der Waals surface area contributed by atoms with Crippen LogP contribution in [0.15, 0.2) is 60.7 Å². The van der Waals surface area contributed by atoms with E-state index < -0.39 is 35.7 Å². The van der Waals surface area contributed by atoms with Crippen molar-refractivity contribution >= 4 is 12.2 Å². The quantitative estimate of drug-likeness (QED) is 0.400. The molecule has 0 radical (unpaired) electrons. The Morgan fingerprint density at radius 3 is 1.32 bits per heavy atom. The molecule has 2 amide bonds. The lowest BCUT2D eigenvalue weighted by molar-refractivity contribution is 0.00860. The first-order valence-corrected chi connectivity index (χ1v) is 15.5. The first-order chi connectivity index (χ1) is 20.7. The highest BCUT2D eigenvalue weighted by atomic mass is 19.1. The molecule has 0 saturated carbocycles. The predicted molar refractivity (Wildman–Crippen MR) is 169 cm³/mol. The van der Waals surface area contributed by atoms with Crippen molar-refractivity contribution in [3.63, 3.8) is 0 Å². The van der Waals surface area contributed by atoms with Crippen LogP contribution in [0.3, 0.4) is 0 Å². The maximum absolute atomic E-state index is 14.3. The van der Waals surface area contributed by atoms with Gasteiger partial charge < -0.3 is 29.9 Å². The number of rotatable bonds is 6. The van der Waals surface area contributed by atoms with Gasteiger partial charge in [0.2, 0.25) is 0 Å². The molecule has 2 N–H and O–H groups in total. The number of piperidine rings is 2. The van der Waals surface area contributed by atoms with Crippen LogP contribution in [0.25, 0.3) is 0 Å². The number of ether oxygens (including phenoxy) is 2. The van der Waals surface area contributed by atoms with E-state index in [0.29, 0.717) is 39.0 Å². The minimum Gasteiger partial charge on any atom is -0.444 e. The smallest absolute Gasteiger partial charge is 0.410 e. The van der Waals surface area contributed by atoms with Crippen LogP contribution in [0.5, 0.6) is 0 Å². The van der Waals surface area contributed by atoms with Gasteiger partial charge in [0.05, 0.1) is 13.1 Å². The zero-order valence-corrected chi connectivity index (χ0v) is 27.0. The molecule has 2 fully saturated rings. The van der Waals surface area contributed by atoms with Crippen LogP contribution in [0.1, 0.15) is 65.5 Å². The molecular formula is C34H50F2N4O4. The molecular weight excluding hydrogens is 566 g/mol. The summed E-state index contributed by atoms with van der Waals surface area (Å²) in [5, 5.41) is 6.48. The molecule has 0 spiro atoms. The molecule has 10 heteroatoms. The number of carbonyl (C=O) groups excluding carboxylic acids is 2. The van der Waals surface area contributed by atoms with Gasteiger partial charge in [0.1, 0.15) is 23.5 Å². The van der Waals surface area contributed by atoms with Crippen molar-refractivity contribution in [2.24, 2.45) is 0 Å². The SMILES string of the molecule is CC(C)(C)OC(=O)N1CC[C@@H](NCc2ccccc2)[C@@H](F)C1.CC(C)(C)OC(=O)N1CC[C@H](NCc2ccccc2)[C@H](F)C1.